The normalized spacial score (nSPS) is 17.9. The third-order valence-corrected chi connectivity index (χ3v) is 7.66. The third-order valence-electron chi connectivity index (χ3n) is 5.80. The van der Waals surface area contributed by atoms with E-state index >= 15 is 0 Å². The standard InChI is InChI=1S/C23H27N3O3S/c1-17-5-3-6-18(13-17)15-24-23(27)20-7-4-11-26(16-20)30(28,29)21-8-9-22-19(14-21)10-12-25(22)2/h3,5-6,8-10,12-14,20H,4,7,11,15-16H2,1-2H3,(H,24,27). The minimum Gasteiger partial charge on any atom is -0.352 e. The van der Waals surface area contributed by atoms with Gasteiger partial charge < -0.3 is 9.88 Å². The number of sulfonamides is 1. The van der Waals surface area contributed by atoms with E-state index in [0.29, 0.717) is 25.9 Å². The number of nitrogens with one attached hydrogen (secondary N) is 1. The van der Waals surface area contributed by atoms with Crippen molar-refractivity contribution >= 4 is 26.8 Å². The molecule has 6 nitrogen and oxygen atoms in total. The first-order valence-corrected chi connectivity index (χ1v) is 11.7. The molecule has 1 unspecified atom stereocenters. The first-order valence-electron chi connectivity index (χ1n) is 10.2. The van der Waals surface area contributed by atoms with Crippen LogP contribution in [0.15, 0.2) is 59.6 Å². The predicted octanol–water partition coefficient (Wildman–Crippen LogP) is 3.20. The van der Waals surface area contributed by atoms with E-state index in [-0.39, 0.29) is 23.3 Å². The summed E-state index contributed by atoms with van der Waals surface area (Å²) in [6, 6.07) is 15.1. The second-order valence-corrected chi connectivity index (χ2v) is 9.99. The van der Waals surface area contributed by atoms with E-state index in [1.165, 1.54) is 4.31 Å². The van der Waals surface area contributed by atoms with Crippen LogP contribution in [0.5, 0.6) is 0 Å². The molecule has 1 fully saturated rings. The smallest absolute Gasteiger partial charge is 0.243 e. The SMILES string of the molecule is Cc1cccc(CNC(=O)C2CCCN(S(=O)(=O)c3ccc4c(ccn4C)c3)C2)c1. The van der Waals surface area contributed by atoms with E-state index in [4.69, 9.17) is 0 Å². The number of amides is 1. The van der Waals surface area contributed by atoms with Crippen LogP contribution < -0.4 is 5.32 Å². The summed E-state index contributed by atoms with van der Waals surface area (Å²) in [5, 5.41) is 3.86. The molecule has 0 spiro atoms. The van der Waals surface area contributed by atoms with Crippen molar-refractivity contribution in [2.75, 3.05) is 13.1 Å². The number of hydrogen-bond acceptors (Lipinski definition) is 3. The second-order valence-electron chi connectivity index (χ2n) is 8.06. The molecule has 1 N–H and O–H groups in total. The molecule has 1 aliphatic rings. The van der Waals surface area contributed by atoms with Gasteiger partial charge in [0.15, 0.2) is 0 Å². The van der Waals surface area contributed by atoms with Gasteiger partial charge in [-0.3, -0.25) is 4.79 Å². The van der Waals surface area contributed by atoms with Gasteiger partial charge in [0.25, 0.3) is 0 Å². The van der Waals surface area contributed by atoms with Crippen molar-refractivity contribution in [1.29, 1.82) is 0 Å². The number of fused-ring (bicyclic) bond motifs is 1. The number of carbonyl (C=O) groups is 1. The van der Waals surface area contributed by atoms with Gasteiger partial charge in [0, 0.05) is 43.8 Å². The van der Waals surface area contributed by atoms with Gasteiger partial charge in [-0.25, -0.2) is 8.42 Å². The summed E-state index contributed by atoms with van der Waals surface area (Å²) >= 11 is 0. The van der Waals surface area contributed by atoms with E-state index in [1.807, 2.05) is 61.1 Å². The Morgan fingerprint density at radius 3 is 2.80 bits per heavy atom. The highest BCUT2D eigenvalue weighted by atomic mass is 32.2. The highest BCUT2D eigenvalue weighted by Gasteiger charge is 2.33. The Bertz CT molecular complexity index is 1180. The first kappa shape index (κ1) is 20.6. The fraction of sp³-hybridized carbons (Fsp3) is 0.348. The van der Waals surface area contributed by atoms with E-state index in [9.17, 15) is 13.2 Å². The topological polar surface area (TPSA) is 71.4 Å². The molecular weight excluding hydrogens is 398 g/mol. The Labute approximate surface area is 177 Å². The van der Waals surface area contributed by atoms with Crippen molar-refractivity contribution in [2.24, 2.45) is 13.0 Å². The lowest BCUT2D eigenvalue weighted by Gasteiger charge is -2.31. The lowest BCUT2D eigenvalue weighted by atomic mass is 9.98. The number of benzene rings is 2. The summed E-state index contributed by atoms with van der Waals surface area (Å²) < 4.78 is 29.8. The van der Waals surface area contributed by atoms with Crippen LogP contribution in [0.25, 0.3) is 10.9 Å². The van der Waals surface area contributed by atoms with Gasteiger partial charge in [-0.2, -0.15) is 4.31 Å². The van der Waals surface area contributed by atoms with Gasteiger partial charge in [0.05, 0.1) is 10.8 Å². The molecule has 0 aliphatic carbocycles. The largest absolute Gasteiger partial charge is 0.352 e. The average molecular weight is 426 g/mol. The molecule has 3 aromatic rings. The maximum atomic E-state index is 13.2. The summed E-state index contributed by atoms with van der Waals surface area (Å²) in [4.78, 5) is 13.0. The Balaban J connectivity index is 1.46. The minimum absolute atomic E-state index is 0.0880. The van der Waals surface area contributed by atoms with Gasteiger partial charge in [-0.05, 0) is 49.6 Å². The van der Waals surface area contributed by atoms with Crippen molar-refractivity contribution in [3.05, 3.63) is 65.9 Å². The van der Waals surface area contributed by atoms with Gasteiger partial charge in [-0.1, -0.05) is 29.8 Å². The van der Waals surface area contributed by atoms with E-state index in [0.717, 1.165) is 22.0 Å². The van der Waals surface area contributed by atoms with Gasteiger partial charge in [0.2, 0.25) is 15.9 Å². The van der Waals surface area contributed by atoms with Crippen molar-refractivity contribution in [3.8, 4) is 0 Å². The quantitative estimate of drug-likeness (QED) is 0.682. The highest BCUT2D eigenvalue weighted by Crippen LogP contribution is 2.26. The molecule has 0 saturated carbocycles. The molecule has 30 heavy (non-hydrogen) atoms. The molecule has 158 valence electrons. The Morgan fingerprint density at radius 1 is 1.17 bits per heavy atom. The zero-order valence-electron chi connectivity index (χ0n) is 17.3. The van der Waals surface area contributed by atoms with Crippen LogP contribution in [0.1, 0.15) is 24.0 Å². The fourth-order valence-electron chi connectivity index (χ4n) is 4.10. The highest BCUT2D eigenvalue weighted by molar-refractivity contribution is 7.89. The molecule has 2 heterocycles. The van der Waals surface area contributed by atoms with Crippen LogP contribution in [-0.2, 0) is 28.4 Å². The number of hydrogen-bond donors (Lipinski definition) is 1. The maximum Gasteiger partial charge on any atom is 0.243 e. The fourth-order valence-corrected chi connectivity index (χ4v) is 5.66. The van der Waals surface area contributed by atoms with Gasteiger partial charge in [0.1, 0.15) is 0 Å². The summed E-state index contributed by atoms with van der Waals surface area (Å²) in [6.07, 6.45) is 3.29. The van der Waals surface area contributed by atoms with Crippen molar-refractivity contribution in [3.63, 3.8) is 0 Å². The third kappa shape index (κ3) is 4.13. The predicted molar refractivity (Wildman–Crippen MR) is 117 cm³/mol. The van der Waals surface area contributed by atoms with Crippen LogP contribution >= 0.6 is 0 Å². The number of aryl methyl sites for hydroxylation is 2. The zero-order chi connectivity index (χ0) is 21.3. The first-order chi connectivity index (χ1) is 14.3. The molecular formula is C23H27N3O3S. The van der Waals surface area contributed by atoms with Crippen LogP contribution in [0.3, 0.4) is 0 Å². The van der Waals surface area contributed by atoms with E-state index in [1.54, 1.807) is 12.1 Å². The van der Waals surface area contributed by atoms with Gasteiger partial charge >= 0.3 is 0 Å². The molecule has 0 radical (unpaired) electrons. The Morgan fingerprint density at radius 2 is 2.00 bits per heavy atom. The van der Waals surface area contributed by atoms with Crippen LogP contribution in [0.2, 0.25) is 0 Å². The Hall–Kier alpha value is -2.64. The molecule has 4 rings (SSSR count). The summed E-state index contributed by atoms with van der Waals surface area (Å²) in [5.41, 5.74) is 3.17. The number of aromatic nitrogens is 1. The second kappa shape index (κ2) is 8.24. The number of piperidine rings is 1. The minimum atomic E-state index is -3.64. The summed E-state index contributed by atoms with van der Waals surface area (Å²) in [6.45, 7) is 3.13. The molecule has 1 aromatic heterocycles. The Kier molecular flexibility index (Phi) is 5.66. The lowest BCUT2D eigenvalue weighted by molar-refractivity contribution is -0.126. The van der Waals surface area contributed by atoms with E-state index in [2.05, 4.69) is 5.32 Å². The molecule has 7 heteroatoms. The van der Waals surface area contributed by atoms with Crippen LogP contribution in [-0.4, -0.2) is 36.3 Å². The maximum absolute atomic E-state index is 13.2. The molecule has 1 atom stereocenters. The number of carbonyl (C=O) groups excluding carboxylic acids is 1. The van der Waals surface area contributed by atoms with E-state index < -0.39 is 10.0 Å². The molecule has 2 aromatic carbocycles. The lowest BCUT2D eigenvalue weighted by Crippen LogP contribution is -2.45. The monoisotopic (exact) mass is 425 g/mol. The van der Waals surface area contributed by atoms with Crippen molar-refractivity contribution in [2.45, 2.75) is 31.2 Å². The molecule has 1 amide bonds. The number of nitrogens with zero attached hydrogens (tertiary/aromatic N) is 2. The van der Waals surface area contributed by atoms with Crippen LogP contribution in [0.4, 0.5) is 0 Å². The molecule has 0 bridgehead atoms. The summed E-state index contributed by atoms with van der Waals surface area (Å²) in [7, 11) is -1.71. The van der Waals surface area contributed by atoms with Crippen molar-refractivity contribution < 1.29 is 13.2 Å². The number of rotatable bonds is 5. The molecule has 1 saturated heterocycles. The molecule has 1 aliphatic heterocycles. The van der Waals surface area contributed by atoms with Crippen LogP contribution in [0, 0.1) is 12.8 Å². The van der Waals surface area contributed by atoms with Crippen molar-refractivity contribution in [1.82, 2.24) is 14.2 Å². The summed E-state index contributed by atoms with van der Waals surface area (Å²) in [5.74, 6) is -0.422. The average Bonchev–Trinajstić information content (AvgIpc) is 3.12. The zero-order valence-corrected chi connectivity index (χ0v) is 18.2. The van der Waals surface area contributed by atoms with Gasteiger partial charge in [-0.15, -0.1) is 0 Å².